The van der Waals surface area contributed by atoms with Crippen molar-refractivity contribution in [3.63, 3.8) is 0 Å². The molecule has 13 nitrogen and oxygen atoms in total. The molecule has 0 heterocycles. The molecule has 43 heavy (non-hydrogen) atoms. The number of amides is 3. The lowest BCUT2D eigenvalue weighted by Crippen LogP contribution is -2.57. The number of guanidine groups is 1. The molecule has 0 saturated heterocycles. The number of benzene rings is 2. The van der Waals surface area contributed by atoms with Crippen molar-refractivity contribution in [2.24, 2.45) is 22.2 Å². The smallest absolute Gasteiger partial charge is 0.326 e. The van der Waals surface area contributed by atoms with E-state index in [0.29, 0.717) is 29.7 Å². The molecule has 3 amide bonds. The van der Waals surface area contributed by atoms with Gasteiger partial charge in [0.2, 0.25) is 17.7 Å². The highest BCUT2D eigenvalue weighted by molar-refractivity contribution is 7.98. The van der Waals surface area contributed by atoms with Crippen LogP contribution in [0.2, 0.25) is 0 Å². The Balaban J connectivity index is 2.26. The lowest BCUT2D eigenvalue weighted by Gasteiger charge is -2.25. The van der Waals surface area contributed by atoms with Crippen molar-refractivity contribution in [2.75, 3.05) is 18.6 Å². The number of carbonyl (C=O) groups is 4. The monoisotopic (exact) mass is 615 g/mol. The number of phenolic OH excluding ortho intramolecular Hbond substituents is 1. The molecule has 0 radical (unpaired) electrons. The van der Waals surface area contributed by atoms with Gasteiger partial charge in [-0.2, -0.15) is 11.8 Å². The van der Waals surface area contributed by atoms with Crippen molar-refractivity contribution >= 4 is 41.4 Å². The molecule has 0 aliphatic carbocycles. The fourth-order valence-electron chi connectivity index (χ4n) is 4.10. The predicted molar refractivity (Wildman–Crippen MR) is 166 cm³/mol. The lowest BCUT2D eigenvalue weighted by molar-refractivity contribution is -0.142. The fraction of sp³-hybridized carbons (Fsp3) is 0.414. The molecule has 0 spiro atoms. The van der Waals surface area contributed by atoms with Crippen LogP contribution in [0.1, 0.15) is 30.4 Å². The molecule has 0 aromatic heterocycles. The zero-order valence-corrected chi connectivity index (χ0v) is 24.9. The summed E-state index contributed by atoms with van der Waals surface area (Å²) in [6, 6.07) is 10.5. The van der Waals surface area contributed by atoms with Crippen molar-refractivity contribution in [1.29, 1.82) is 0 Å². The maximum Gasteiger partial charge on any atom is 0.326 e. The number of thioether (sulfide) groups is 1. The van der Waals surface area contributed by atoms with Crippen LogP contribution in [0.4, 0.5) is 0 Å². The zero-order valence-electron chi connectivity index (χ0n) is 24.1. The van der Waals surface area contributed by atoms with Crippen molar-refractivity contribution in [1.82, 2.24) is 16.0 Å². The summed E-state index contributed by atoms with van der Waals surface area (Å²) in [5, 5.41) is 27.3. The topological polar surface area (TPSA) is 235 Å². The predicted octanol–water partition coefficient (Wildman–Crippen LogP) is -0.150. The van der Waals surface area contributed by atoms with Crippen LogP contribution in [-0.2, 0) is 32.0 Å². The van der Waals surface area contributed by atoms with Crippen LogP contribution in [0.5, 0.6) is 5.75 Å². The summed E-state index contributed by atoms with van der Waals surface area (Å²) in [6.07, 6.45) is 2.73. The van der Waals surface area contributed by atoms with Gasteiger partial charge in [0.1, 0.15) is 23.9 Å². The van der Waals surface area contributed by atoms with E-state index in [2.05, 4.69) is 20.9 Å². The average molecular weight is 616 g/mol. The number of nitrogens with zero attached hydrogens (tertiary/aromatic N) is 1. The van der Waals surface area contributed by atoms with E-state index in [1.54, 1.807) is 42.5 Å². The quantitative estimate of drug-likeness (QED) is 0.0627. The van der Waals surface area contributed by atoms with Gasteiger partial charge in [-0.15, -0.1) is 0 Å². The van der Waals surface area contributed by atoms with Crippen molar-refractivity contribution in [2.45, 2.75) is 56.3 Å². The van der Waals surface area contributed by atoms with Crippen LogP contribution in [0.25, 0.3) is 0 Å². The van der Waals surface area contributed by atoms with Gasteiger partial charge in [-0.3, -0.25) is 19.4 Å². The molecule has 2 aromatic carbocycles. The number of nitrogens with one attached hydrogen (secondary N) is 3. The van der Waals surface area contributed by atoms with E-state index in [0.717, 1.165) is 0 Å². The summed E-state index contributed by atoms with van der Waals surface area (Å²) in [4.78, 5) is 55.7. The Hall–Kier alpha value is -4.30. The normalized spacial score (nSPS) is 13.5. The summed E-state index contributed by atoms with van der Waals surface area (Å²) < 4.78 is 0. The number of carbonyl (C=O) groups excluding carboxylic acids is 3. The SMILES string of the molecule is CSCCC(N)C(=O)NC(Cc1ccc(O)cc1)C(=O)NC(CCCN=C(N)N)C(=O)NC(Cc1ccccc1)C(=O)O. The van der Waals surface area contributed by atoms with Crippen molar-refractivity contribution in [3.8, 4) is 5.75 Å². The van der Waals surface area contributed by atoms with E-state index >= 15 is 0 Å². The standard InChI is InChI=1S/C29H41N7O6S/c1-43-15-13-21(30)25(38)35-23(16-19-9-11-20(37)12-10-19)27(40)34-22(8-5-14-33-29(31)32)26(39)36-24(28(41)42)17-18-6-3-2-4-7-18/h2-4,6-7,9-12,21-24,37H,5,8,13-17,30H2,1H3,(H,34,40)(H,35,38)(H,36,39)(H,41,42)(H4,31,32,33). The first-order valence-corrected chi connectivity index (χ1v) is 15.1. The van der Waals surface area contributed by atoms with Crippen LogP contribution < -0.4 is 33.2 Å². The largest absolute Gasteiger partial charge is 0.508 e. The highest BCUT2D eigenvalue weighted by Gasteiger charge is 2.30. The van der Waals surface area contributed by atoms with Crippen LogP contribution in [0.3, 0.4) is 0 Å². The molecule has 0 saturated carbocycles. The van der Waals surface area contributed by atoms with Crippen LogP contribution in [-0.4, -0.2) is 82.6 Å². The zero-order chi connectivity index (χ0) is 31.8. The number of carboxylic acids is 1. The Bertz CT molecular complexity index is 1230. The summed E-state index contributed by atoms with van der Waals surface area (Å²) in [5.41, 5.74) is 18.2. The van der Waals surface area contributed by atoms with Gasteiger partial charge in [0.15, 0.2) is 5.96 Å². The number of aliphatic carboxylic acids is 1. The highest BCUT2D eigenvalue weighted by Crippen LogP contribution is 2.13. The van der Waals surface area contributed by atoms with E-state index in [-0.39, 0.29) is 37.5 Å². The summed E-state index contributed by atoms with van der Waals surface area (Å²) in [7, 11) is 0. The Morgan fingerprint density at radius 1 is 0.814 bits per heavy atom. The third-order valence-corrected chi connectivity index (χ3v) is 7.10. The van der Waals surface area contributed by atoms with Gasteiger partial charge in [-0.25, -0.2) is 4.79 Å². The minimum absolute atomic E-state index is 0.0318. The number of hydrogen-bond acceptors (Lipinski definition) is 8. The molecule has 14 heteroatoms. The second kappa shape index (κ2) is 18.3. The first-order chi connectivity index (χ1) is 20.5. The van der Waals surface area contributed by atoms with Gasteiger partial charge in [-0.05, 0) is 54.5 Å². The number of carboxylic acid groups (broad SMARTS) is 1. The average Bonchev–Trinajstić information content (AvgIpc) is 2.97. The molecule has 2 rings (SSSR count). The third-order valence-electron chi connectivity index (χ3n) is 6.45. The minimum Gasteiger partial charge on any atom is -0.508 e. The van der Waals surface area contributed by atoms with Crippen LogP contribution >= 0.6 is 11.8 Å². The molecule has 11 N–H and O–H groups in total. The molecule has 0 bridgehead atoms. The number of nitrogens with two attached hydrogens (primary N) is 3. The number of aliphatic imine (C=N–C) groups is 1. The molecular formula is C29H41N7O6S. The van der Waals surface area contributed by atoms with Crippen LogP contribution in [0.15, 0.2) is 59.6 Å². The van der Waals surface area contributed by atoms with Gasteiger partial charge in [0.25, 0.3) is 0 Å². The lowest BCUT2D eigenvalue weighted by atomic mass is 10.0. The second-order valence-electron chi connectivity index (χ2n) is 9.92. The molecular weight excluding hydrogens is 574 g/mol. The number of aromatic hydroxyl groups is 1. The van der Waals surface area contributed by atoms with E-state index in [1.165, 1.54) is 23.9 Å². The summed E-state index contributed by atoms with van der Waals surface area (Å²) in [5.74, 6) is -2.60. The Kier molecular flexibility index (Phi) is 14.8. The van der Waals surface area contributed by atoms with Gasteiger partial charge in [0.05, 0.1) is 6.04 Å². The van der Waals surface area contributed by atoms with Gasteiger partial charge < -0.3 is 43.4 Å². The Morgan fingerprint density at radius 3 is 1.98 bits per heavy atom. The number of rotatable bonds is 18. The molecule has 0 aliphatic heterocycles. The third kappa shape index (κ3) is 13.0. The van der Waals surface area contributed by atoms with Gasteiger partial charge in [0, 0.05) is 19.4 Å². The number of phenols is 1. The summed E-state index contributed by atoms with van der Waals surface area (Å²) >= 11 is 1.53. The van der Waals surface area contributed by atoms with Gasteiger partial charge >= 0.3 is 5.97 Å². The second-order valence-corrected chi connectivity index (χ2v) is 10.9. The van der Waals surface area contributed by atoms with Gasteiger partial charge in [-0.1, -0.05) is 42.5 Å². The first kappa shape index (κ1) is 34.9. The molecule has 0 aliphatic rings. The molecule has 4 unspecified atom stereocenters. The molecule has 0 fully saturated rings. The molecule has 234 valence electrons. The van der Waals surface area contributed by atoms with E-state index in [1.807, 2.05) is 6.26 Å². The Morgan fingerprint density at radius 2 is 1.37 bits per heavy atom. The van der Waals surface area contributed by atoms with E-state index < -0.39 is 47.9 Å². The molecule has 2 aromatic rings. The highest BCUT2D eigenvalue weighted by atomic mass is 32.2. The maximum absolute atomic E-state index is 13.6. The van der Waals surface area contributed by atoms with Crippen molar-refractivity contribution in [3.05, 3.63) is 65.7 Å². The fourth-order valence-corrected chi connectivity index (χ4v) is 4.59. The number of hydrogen-bond donors (Lipinski definition) is 8. The summed E-state index contributed by atoms with van der Waals surface area (Å²) in [6.45, 7) is 0.173. The molecule has 4 atom stereocenters. The minimum atomic E-state index is -1.26. The Labute approximate surface area is 255 Å². The maximum atomic E-state index is 13.6. The van der Waals surface area contributed by atoms with E-state index in [9.17, 15) is 29.4 Å². The van der Waals surface area contributed by atoms with E-state index in [4.69, 9.17) is 17.2 Å². The van der Waals surface area contributed by atoms with Crippen molar-refractivity contribution < 1.29 is 29.4 Å². The first-order valence-electron chi connectivity index (χ1n) is 13.8. The van der Waals surface area contributed by atoms with Crippen LogP contribution in [0, 0.1) is 0 Å².